The second-order valence-electron chi connectivity index (χ2n) is 3.16. The van der Waals surface area contributed by atoms with Gasteiger partial charge in [-0.2, -0.15) is 8.42 Å². The van der Waals surface area contributed by atoms with Crippen LogP contribution in [0.2, 0.25) is 0 Å². The Morgan fingerprint density at radius 2 is 1.67 bits per heavy atom. The Morgan fingerprint density at radius 1 is 1.11 bits per heavy atom. The molecule has 0 aromatic heterocycles. The summed E-state index contributed by atoms with van der Waals surface area (Å²) in [6.45, 7) is 0. The largest absolute Gasteiger partial charge is 0.478 e. The summed E-state index contributed by atoms with van der Waals surface area (Å²) in [6.07, 6.45) is 1.49. The molecule has 0 aliphatic rings. The van der Waals surface area contributed by atoms with E-state index < -0.39 is 22.0 Å². The standard InChI is InChI=1S/C10H9NO6S/c12-9(5-6-10(13)14)11-7-1-3-8(4-2-7)18(15,16)17/h1-6H,(H,11,12)(H,13,14)(H,15,16,17). The maximum atomic E-state index is 11.2. The van der Waals surface area contributed by atoms with E-state index in [0.717, 1.165) is 18.2 Å². The minimum absolute atomic E-state index is 0.266. The number of amides is 1. The van der Waals surface area contributed by atoms with Gasteiger partial charge in [-0.3, -0.25) is 9.35 Å². The molecule has 1 aromatic rings. The van der Waals surface area contributed by atoms with Gasteiger partial charge >= 0.3 is 5.97 Å². The number of carbonyl (C=O) groups excluding carboxylic acids is 1. The third-order valence-corrected chi connectivity index (χ3v) is 2.66. The van der Waals surface area contributed by atoms with Crippen LogP contribution in [-0.4, -0.2) is 30.0 Å². The fraction of sp³-hybridized carbons (Fsp3) is 0. The Morgan fingerprint density at radius 3 is 2.11 bits per heavy atom. The Labute approximate surface area is 102 Å². The van der Waals surface area contributed by atoms with Crippen LogP contribution in [0.15, 0.2) is 41.3 Å². The first-order valence-electron chi connectivity index (χ1n) is 4.58. The average molecular weight is 271 g/mol. The minimum atomic E-state index is -4.27. The van der Waals surface area contributed by atoms with E-state index in [4.69, 9.17) is 9.66 Å². The van der Waals surface area contributed by atoms with Crippen molar-refractivity contribution in [1.29, 1.82) is 0 Å². The van der Waals surface area contributed by atoms with E-state index in [0.29, 0.717) is 6.08 Å². The number of anilines is 1. The second kappa shape index (κ2) is 5.43. The molecule has 0 saturated carbocycles. The molecule has 0 heterocycles. The van der Waals surface area contributed by atoms with E-state index in [1.807, 2.05) is 0 Å². The van der Waals surface area contributed by atoms with E-state index in [9.17, 15) is 18.0 Å². The summed E-state index contributed by atoms with van der Waals surface area (Å²) in [5.41, 5.74) is 0.266. The van der Waals surface area contributed by atoms with E-state index in [1.165, 1.54) is 12.1 Å². The maximum absolute atomic E-state index is 11.2. The van der Waals surface area contributed by atoms with Crippen LogP contribution in [0.1, 0.15) is 0 Å². The fourth-order valence-electron chi connectivity index (χ4n) is 1.04. The molecule has 0 aliphatic carbocycles. The highest BCUT2D eigenvalue weighted by molar-refractivity contribution is 7.85. The summed E-state index contributed by atoms with van der Waals surface area (Å²) in [7, 11) is -4.27. The third kappa shape index (κ3) is 4.36. The van der Waals surface area contributed by atoms with Crippen molar-refractivity contribution in [1.82, 2.24) is 0 Å². The molecule has 1 aromatic carbocycles. The smallest absolute Gasteiger partial charge is 0.328 e. The summed E-state index contributed by atoms with van der Waals surface area (Å²) in [5, 5.41) is 10.6. The average Bonchev–Trinajstić information content (AvgIpc) is 2.26. The molecule has 1 rings (SSSR count). The molecule has 18 heavy (non-hydrogen) atoms. The maximum Gasteiger partial charge on any atom is 0.328 e. The highest BCUT2D eigenvalue weighted by atomic mass is 32.2. The number of rotatable bonds is 4. The van der Waals surface area contributed by atoms with Crippen LogP contribution >= 0.6 is 0 Å². The van der Waals surface area contributed by atoms with Gasteiger partial charge in [-0.15, -0.1) is 0 Å². The molecule has 3 N–H and O–H groups in total. The molecule has 7 nitrogen and oxygen atoms in total. The highest BCUT2D eigenvalue weighted by Crippen LogP contribution is 2.13. The van der Waals surface area contributed by atoms with Crippen LogP contribution in [-0.2, 0) is 19.7 Å². The van der Waals surface area contributed by atoms with Gasteiger partial charge in [-0.1, -0.05) is 0 Å². The zero-order valence-corrected chi connectivity index (χ0v) is 9.72. The third-order valence-electron chi connectivity index (χ3n) is 1.80. The van der Waals surface area contributed by atoms with Crippen molar-refractivity contribution in [2.75, 3.05) is 5.32 Å². The molecule has 0 fully saturated rings. The van der Waals surface area contributed by atoms with Crippen molar-refractivity contribution in [3.05, 3.63) is 36.4 Å². The molecule has 0 unspecified atom stereocenters. The zero-order valence-electron chi connectivity index (χ0n) is 8.90. The number of hydrogen-bond acceptors (Lipinski definition) is 4. The molecule has 0 bridgehead atoms. The molecule has 0 aliphatic heterocycles. The lowest BCUT2D eigenvalue weighted by atomic mass is 10.3. The first-order chi connectivity index (χ1) is 8.29. The van der Waals surface area contributed by atoms with Crippen LogP contribution < -0.4 is 5.32 Å². The molecule has 1 amide bonds. The van der Waals surface area contributed by atoms with Gasteiger partial charge in [0.2, 0.25) is 5.91 Å². The lowest BCUT2D eigenvalue weighted by molar-refractivity contribution is -0.131. The Kier molecular flexibility index (Phi) is 4.18. The molecular weight excluding hydrogens is 262 g/mol. The van der Waals surface area contributed by atoms with Crippen LogP contribution in [0.3, 0.4) is 0 Å². The van der Waals surface area contributed by atoms with Gasteiger partial charge in [-0.05, 0) is 24.3 Å². The van der Waals surface area contributed by atoms with E-state index in [2.05, 4.69) is 5.32 Å². The van der Waals surface area contributed by atoms with Gasteiger partial charge in [0.25, 0.3) is 10.1 Å². The lowest BCUT2D eigenvalue weighted by Gasteiger charge is -2.02. The quantitative estimate of drug-likeness (QED) is 0.542. The van der Waals surface area contributed by atoms with Crippen LogP contribution in [0.25, 0.3) is 0 Å². The first-order valence-corrected chi connectivity index (χ1v) is 6.02. The van der Waals surface area contributed by atoms with Crippen molar-refractivity contribution in [2.45, 2.75) is 4.90 Å². The highest BCUT2D eigenvalue weighted by Gasteiger charge is 2.08. The van der Waals surface area contributed by atoms with Crippen molar-refractivity contribution < 1.29 is 27.7 Å². The number of aliphatic carboxylic acids is 1. The van der Waals surface area contributed by atoms with Crippen LogP contribution in [0.5, 0.6) is 0 Å². The number of carboxylic acid groups (broad SMARTS) is 1. The molecular formula is C10H9NO6S. The van der Waals surface area contributed by atoms with Gasteiger partial charge in [0.1, 0.15) is 0 Å². The summed E-state index contributed by atoms with van der Waals surface area (Å²) in [5.74, 6) is -1.93. The van der Waals surface area contributed by atoms with Gasteiger partial charge < -0.3 is 10.4 Å². The Hall–Kier alpha value is -2.19. The lowest BCUT2D eigenvalue weighted by Crippen LogP contribution is -2.08. The summed E-state index contributed by atoms with van der Waals surface area (Å²) >= 11 is 0. The minimum Gasteiger partial charge on any atom is -0.478 e. The van der Waals surface area contributed by atoms with Gasteiger partial charge in [-0.25, -0.2) is 4.79 Å². The Bertz CT molecular complexity index is 587. The van der Waals surface area contributed by atoms with E-state index >= 15 is 0 Å². The van der Waals surface area contributed by atoms with Gasteiger partial charge in [0, 0.05) is 17.8 Å². The van der Waals surface area contributed by atoms with Crippen molar-refractivity contribution in [2.24, 2.45) is 0 Å². The second-order valence-corrected chi connectivity index (χ2v) is 4.58. The predicted molar refractivity (Wildman–Crippen MR) is 61.7 cm³/mol. The first kappa shape index (κ1) is 13.9. The molecule has 0 radical (unpaired) electrons. The number of carboxylic acids is 1. The summed E-state index contributed by atoms with van der Waals surface area (Å²) in [4.78, 5) is 21.0. The SMILES string of the molecule is O=C(O)C=CC(=O)Nc1ccc(S(=O)(=O)O)cc1. The predicted octanol–water partition coefficient (Wildman–Crippen LogP) is 0.513. The van der Waals surface area contributed by atoms with E-state index in [1.54, 1.807) is 0 Å². The number of nitrogens with one attached hydrogen (secondary N) is 1. The molecule has 0 atom stereocenters. The molecule has 8 heteroatoms. The molecule has 0 spiro atoms. The summed E-state index contributed by atoms with van der Waals surface area (Å²) < 4.78 is 30.2. The fourth-order valence-corrected chi connectivity index (χ4v) is 1.52. The normalized spacial score (nSPS) is 11.4. The van der Waals surface area contributed by atoms with E-state index in [-0.39, 0.29) is 10.6 Å². The topological polar surface area (TPSA) is 121 Å². The number of benzene rings is 1. The number of carbonyl (C=O) groups is 2. The molecule has 0 saturated heterocycles. The summed E-state index contributed by atoms with van der Waals surface area (Å²) in [6, 6.07) is 4.73. The van der Waals surface area contributed by atoms with Crippen molar-refractivity contribution >= 4 is 27.7 Å². The van der Waals surface area contributed by atoms with Crippen LogP contribution in [0.4, 0.5) is 5.69 Å². The van der Waals surface area contributed by atoms with Gasteiger partial charge in [0.05, 0.1) is 4.90 Å². The van der Waals surface area contributed by atoms with Crippen molar-refractivity contribution in [3.8, 4) is 0 Å². The number of hydrogen-bond donors (Lipinski definition) is 3. The zero-order chi connectivity index (χ0) is 13.8. The molecule has 96 valence electrons. The van der Waals surface area contributed by atoms with Crippen LogP contribution in [0, 0.1) is 0 Å². The van der Waals surface area contributed by atoms with Gasteiger partial charge in [0.15, 0.2) is 0 Å². The monoisotopic (exact) mass is 271 g/mol. The van der Waals surface area contributed by atoms with Crippen molar-refractivity contribution in [3.63, 3.8) is 0 Å². The Balaban J connectivity index is 2.76.